The van der Waals surface area contributed by atoms with Crippen molar-refractivity contribution in [2.75, 3.05) is 53.2 Å². The molecule has 0 aromatic heterocycles. The lowest BCUT2D eigenvalue weighted by atomic mass is 10.0. The molecule has 0 saturated carbocycles. The van der Waals surface area contributed by atoms with E-state index in [1.165, 1.54) is 0 Å². The Labute approximate surface area is 163 Å². The summed E-state index contributed by atoms with van der Waals surface area (Å²) < 4.78 is 0. The molecule has 0 N–H and O–H groups in total. The van der Waals surface area contributed by atoms with Crippen LogP contribution in [0, 0.1) is 0 Å². The summed E-state index contributed by atoms with van der Waals surface area (Å²) in [6, 6.07) is 16.0. The maximum Gasteiger partial charge on any atom is 0.186 e. The van der Waals surface area contributed by atoms with Gasteiger partial charge in [-0.15, -0.1) is 0 Å². The maximum atomic E-state index is 12.8. The molecule has 4 nitrogen and oxygen atoms in total. The van der Waals surface area contributed by atoms with Crippen molar-refractivity contribution in [3.05, 3.63) is 71.3 Å². The van der Waals surface area contributed by atoms with E-state index in [1.54, 1.807) is 6.08 Å². The van der Waals surface area contributed by atoms with E-state index in [2.05, 4.69) is 48.0 Å². The van der Waals surface area contributed by atoms with Crippen LogP contribution in [0.25, 0.3) is 6.08 Å². The third-order valence-electron chi connectivity index (χ3n) is 4.41. The molecule has 0 aliphatic heterocycles. The highest BCUT2D eigenvalue weighted by Gasteiger charge is 2.10. The van der Waals surface area contributed by atoms with E-state index in [9.17, 15) is 4.79 Å². The summed E-state index contributed by atoms with van der Waals surface area (Å²) in [5, 5.41) is 0. The SMILES string of the molecule is CN(C)CCN(C)c1ccccc1C=CC(=O)c1ccccc1CN(C)C. The van der Waals surface area contributed by atoms with E-state index in [0.717, 1.165) is 42.0 Å². The Kier molecular flexibility index (Phi) is 7.77. The fourth-order valence-corrected chi connectivity index (χ4v) is 2.94. The second-order valence-electron chi connectivity index (χ2n) is 7.38. The van der Waals surface area contributed by atoms with Gasteiger partial charge in [0.15, 0.2) is 5.78 Å². The zero-order valence-corrected chi connectivity index (χ0v) is 17.1. The van der Waals surface area contributed by atoms with Gasteiger partial charge in [0, 0.05) is 37.9 Å². The Morgan fingerprint density at radius 3 is 2.22 bits per heavy atom. The van der Waals surface area contributed by atoms with Crippen molar-refractivity contribution in [2.24, 2.45) is 0 Å². The predicted molar refractivity (Wildman–Crippen MR) is 115 cm³/mol. The third-order valence-corrected chi connectivity index (χ3v) is 4.41. The first-order valence-electron chi connectivity index (χ1n) is 9.28. The molecule has 2 aromatic carbocycles. The molecule has 0 amide bonds. The van der Waals surface area contributed by atoms with Crippen molar-refractivity contribution in [1.82, 2.24) is 9.80 Å². The van der Waals surface area contributed by atoms with Crippen LogP contribution in [0.5, 0.6) is 0 Å². The molecule has 2 aromatic rings. The van der Waals surface area contributed by atoms with Crippen LogP contribution in [0.1, 0.15) is 21.5 Å². The highest BCUT2D eigenvalue weighted by atomic mass is 16.1. The lowest BCUT2D eigenvalue weighted by molar-refractivity contribution is 0.104. The maximum absolute atomic E-state index is 12.8. The molecular formula is C23H31N3O. The number of ketones is 1. The molecule has 0 bridgehead atoms. The predicted octanol–water partition coefficient (Wildman–Crippen LogP) is 3.64. The van der Waals surface area contributed by atoms with Crippen molar-refractivity contribution < 1.29 is 4.79 Å². The highest BCUT2D eigenvalue weighted by molar-refractivity contribution is 6.08. The number of likely N-dealkylation sites (N-methyl/N-ethyl adjacent to an activating group) is 2. The van der Waals surface area contributed by atoms with Gasteiger partial charge in [-0.2, -0.15) is 0 Å². The first kappa shape index (κ1) is 20.9. The van der Waals surface area contributed by atoms with E-state index in [4.69, 9.17) is 0 Å². The molecule has 0 spiro atoms. The van der Waals surface area contributed by atoms with Crippen LogP contribution < -0.4 is 4.90 Å². The highest BCUT2D eigenvalue weighted by Crippen LogP contribution is 2.21. The van der Waals surface area contributed by atoms with Crippen LogP contribution in [-0.4, -0.2) is 63.9 Å². The number of hydrogen-bond donors (Lipinski definition) is 0. The van der Waals surface area contributed by atoms with Gasteiger partial charge in [-0.25, -0.2) is 0 Å². The van der Waals surface area contributed by atoms with Gasteiger partial charge in [0.05, 0.1) is 0 Å². The van der Waals surface area contributed by atoms with E-state index in [0.29, 0.717) is 0 Å². The van der Waals surface area contributed by atoms with Crippen LogP contribution in [0.15, 0.2) is 54.6 Å². The quantitative estimate of drug-likeness (QED) is 0.501. The zero-order chi connectivity index (χ0) is 19.8. The lowest BCUT2D eigenvalue weighted by Gasteiger charge is -2.23. The number of benzene rings is 2. The van der Waals surface area contributed by atoms with Crippen molar-refractivity contribution in [3.63, 3.8) is 0 Å². The zero-order valence-electron chi connectivity index (χ0n) is 17.1. The summed E-state index contributed by atoms with van der Waals surface area (Å²) in [7, 11) is 10.3. The molecule has 0 heterocycles. The number of hydrogen-bond acceptors (Lipinski definition) is 4. The van der Waals surface area contributed by atoms with E-state index >= 15 is 0 Å². The van der Waals surface area contributed by atoms with Gasteiger partial charge in [-0.1, -0.05) is 42.5 Å². The minimum atomic E-state index is 0.0400. The first-order chi connectivity index (χ1) is 12.9. The average molecular weight is 366 g/mol. The number of nitrogens with zero attached hydrogens (tertiary/aromatic N) is 3. The number of para-hydroxylation sites is 1. The Morgan fingerprint density at radius 2 is 1.52 bits per heavy atom. The van der Waals surface area contributed by atoms with Gasteiger partial charge in [0.2, 0.25) is 0 Å². The molecule has 0 radical (unpaired) electrons. The van der Waals surface area contributed by atoms with E-state index in [-0.39, 0.29) is 5.78 Å². The number of carbonyl (C=O) groups excluding carboxylic acids is 1. The minimum Gasteiger partial charge on any atom is -0.373 e. The molecule has 0 aliphatic rings. The molecule has 2 rings (SSSR count). The van der Waals surface area contributed by atoms with Gasteiger partial charge < -0.3 is 14.7 Å². The van der Waals surface area contributed by atoms with Crippen LogP contribution >= 0.6 is 0 Å². The van der Waals surface area contributed by atoms with Gasteiger partial charge in [0.1, 0.15) is 0 Å². The Hall–Kier alpha value is -2.43. The molecule has 144 valence electrons. The summed E-state index contributed by atoms with van der Waals surface area (Å²) in [5.41, 5.74) is 4.00. The van der Waals surface area contributed by atoms with Gasteiger partial charge >= 0.3 is 0 Å². The molecule has 4 heteroatoms. The molecule has 27 heavy (non-hydrogen) atoms. The van der Waals surface area contributed by atoms with Crippen LogP contribution in [0.2, 0.25) is 0 Å². The third kappa shape index (κ3) is 6.35. The van der Waals surface area contributed by atoms with E-state index < -0.39 is 0 Å². The van der Waals surface area contributed by atoms with Crippen LogP contribution in [-0.2, 0) is 6.54 Å². The summed E-state index contributed by atoms with van der Waals surface area (Å²) in [5.74, 6) is 0.0400. The number of rotatable bonds is 9. The van der Waals surface area contributed by atoms with Crippen LogP contribution in [0.3, 0.4) is 0 Å². The number of carbonyl (C=O) groups is 1. The van der Waals surface area contributed by atoms with Crippen molar-refractivity contribution >= 4 is 17.5 Å². The number of anilines is 1. The normalized spacial score (nSPS) is 11.5. The summed E-state index contributed by atoms with van der Waals surface area (Å²) in [6.45, 7) is 2.66. The fourth-order valence-electron chi connectivity index (χ4n) is 2.94. The smallest absolute Gasteiger partial charge is 0.186 e. The topological polar surface area (TPSA) is 26.8 Å². The molecule has 0 fully saturated rings. The molecule has 0 unspecified atom stereocenters. The van der Waals surface area contributed by atoms with E-state index in [1.807, 2.05) is 56.6 Å². The van der Waals surface area contributed by atoms with Gasteiger partial charge in [0.25, 0.3) is 0 Å². The van der Waals surface area contributed by atoms with Crippen LogP contribution in [0.4, 0.5) is 5.69 Å². The summed E-state index contributed by atoms with van der Waals surface area (Å²) >= 11 is 0. The minimum absolute atomic E-state index is 0.0400. The monoisotopic (exact) mass is 365 g/mol. The Bertz CT molecular complexity index is 781. The Balaban J connectivity index is 2.20. The fraction of sp³-hybridized carbons (Fsp3) is 0.348. The number of allylic oxidation sites excluding steroid dienone is 1. The molecule has 0 aliphatic carbocycles. The summed E-state index contributed by atoms with van der Waals surface area (Å²) in [4.78, 5) is 19.3. The molecular weight excluding hydrogens is 334 g/mol. The van der Waals surface area contributed by atoms with Crippen molar-refractivity contribution in [1.29, 1.82) is 0 Å². The largest absolute Gasteiger partial charge is 0.373 e. The second-order valence-corrected chi connectivity index (χ2v) is 7.38. The average Bonchev–Trinajstić information content (AvgIpc) is 2.64. The second kappa shape index (κ2) is 10.0. The van der Waals surface area contributed by atoms with Gasteiger partial charge in [-0.3, -0.25) is 4.79 Å². The lowest BCUT2D eigenvalue weighted by Crippen LogP contribution is -2.28. The standard InChI is InChI=1S/C23H31N3O/c1-24(2)16-17-26(5)22-13-9-7-10-19(22)14-15-23(27)21-12-8-6-11-20(21)18-25(3)4/h6-15H,16-18H2,1-5H3. The van der Waals surface area contributed by atoms with Gasteiger partial charge in [-0.05, 0) is 57.5 Å². The Morgan fingerprint density at radius 1 is 0.852 bits per heavy atom. The first-order valence-corrected chi connectivity index (χ1v) is 9.28. The molecule has 0 atom stereocenters. The van der Waals surface area contributed by atoms with Crippen molar-refractivity contribution in [3.8, 4) is 0 Å². The summed E-state index contributed by atoms with van der Waals surface area (Å²) in [6.07, 6.45) is 3.61. The van der Waals surface area contributed by atoms with Crippen molar-refractivity contribution in [2.45, 2.75) is 6.54 Å². The molecule has 0 saturated heterocycles.